The van der Waals surface area contributed by atoms with Crippen LogP contribution in [0.5, 0.6) is 11.5 Å². The van der Waals surface area contributed by atoms with Gasteiger partial charge in [0.25, 0.3) is 11.1 Å². The standard InChI is InChI=1S/C20H19NO4S/c1-3-25-17-11-15(9-10-16(17)24-2)12-18-19(22)21(20(23)26-18)13-14-7-5-4-6-8-14/h4-12H,3,13H2,1-2H3. The summed E-state index contributed by atoms with van der Waals surface area (Å²) in [7, 11) is 1.58. The third kappa shape index (κ3) is 3.91. The summed E-state index contributed by atoms with van der Waals surface area (Å²) in [5.41, 5.74) is 1.69. The molecule has 1 saturated heterocycles. The van der Waals surface area contributed by atoms with Gasteiger partial charge in [-0.2, -0.15) is 0 Å². The lowest BCUT2D eigenvalue weighted by atomic mass is 10.1. The number of thioether (sulfide) groups is 1. The van der Waals surface area contributed by atoms with E-state index in [1.165, 1.54) is 4.90 Å². The molecule has 26 heavy (non-hydrogen) atoms. The zero-order valence-electron chi connectivity index (χ0n) is 14.6. The molecule has 3 rings (SSSR count). The predicted molar refractivity (Wildman–Crippen MR) is 102 cm³/mol. The molecule has 2 aromatic carbocycles. The molecular weight excluding hydrogens is 350 g/mol. The van der Waals surface area contributed by atoms with Crippen LogP contribution in [0.1, 0.15) is 18.1 Å². The van der Waals surface area contributed by atoms with Gasteiger partial charge in [-0.3, -0.25) is 14.5 Å². The van der Waals surface area contributed by atoms with Crippen molar-refractivity contribution >= 4 is 29.0 Å². The van der Waals surface area contributed by atoms with E-state index in [4.69, 9.17) is 9.47 Å². The number of amides is 2. The van der Waals surface area contributed by atoms with Gasteiger partial charge in [0.1, 0.15) is 0 Å². The molecule has 0 radical (unpaired) electrons. The minimum absolute atomic E-state index is 0.261. The maximum Gasteiger partial charge on any atom is 0.293 e. The van der Waals surface area contributed by atoms with Crippen molar-refractivity contribution in [2.75, 3.05) is 13.7 Å². The van der Waals surface area contributed by atoms with Crippen LogP contribution in [-0.2, 0) is 11.3 Å². The second kappa shape index (κ2) is 8.10. The van der Waals surface area contributed by atoms with Crippen molar-refractivity contribution in [1.82, 2.24) is 4.90 Å². The van der Waals surface area contributed by atoms with Gasteiger partial charge >= 0.3 is 0 Å². The minimum atomic E-state index is -0.280. The fourth-order valence-electron chi connectivity index (χ4n) is 2.61. The molecule has 0 spiro atoms. The summed E-state index contributed by atoms with van der Waals surface area (Å²) in [5.74, 6) is 0.950. The molecule has 0 unspecified atom stereocenters. The fraction of sp³-hybridized carbons (Fsp3) is 0.200. The first-order valence-corrected chi connectivity index (χ1v) is 9.04. The third-order valence-electron chi connectivity index (χ3n) is 3.84. The van der Waals surface area contributed by atoms with Crippen LogP contribution >= 0.6 is 11.8 Å². The quantitative estimate of drug-likeness (QED) is 0.710. The van der Waals surface area contributed by atoms with Crippen molar-refractivity contribution < 1.29 is 19.1 Å². The smallest absolute Gasteiger partial charge is 0.293 e. The van der Waals surface area contributed by atoms with E-state index < -0.39 is 0 Å². The highest BCUT2D eigenvalue weighted by Crippen LogP contribution is 2.35. The molecule has 5 nitrogen and oxygen atoms in total. The Bertz CT molecular complexity index is 848. The Balaban J connectivity index is 1.82. The van der Waals surface area contributed by atoms with Crippen molar-refractivity contribution in [2.45, 2.75) is 13.5 Å². The van der Waals surface area contributed by atoms with Crippen molar-refractivity contribution in [3.63, 3.8) is 0 Å². The highest BCUT2D eigenvalue weighted by Gasteiger charge is 2.34. The van der Waals surface area contributed by atoms with Crippen LogP contribution in [0.15, 0.2) is 53.4 Å². The second-order valence-electron chi connectivity index (χ2n) is 5.60. The normalized spacial score (nSPS) is 15.6. The van der Waals surface area contributed by atoms with Crippen LogP contribution in [0.4, 0.5) is 4.79 Å². The molecule has 6 heteroatoms. The number of rotatable bonds is 6. The molecule has 1 aliphatic rings. The number of hydrogen-bond donors (Lipinski definition) is 0. The van der Waals surface area contributed by atoms with Crippen LogP contribution in [0.25, 0.3) is 6.08 Å². The Kier molecular flexibility index (Phi) is 5.63. The van der Waals surface area contributed by atoms with Crippen LogP contribution < -0.4 is 9.47 Å². The second-order valence-corrected chi connectivity index (χ2v) is 6.59. The third-order valence-corrected chi connectivity index (χ3v) is 4.75. The van der Waals surface area contributed by atoms with E-state index in [9.17, 15) is 9.59 Å². The molecule has 0 bridgehead atoms. The van der Waals surface area contributed by atoms with Gasteiger partial charge in [0.2, 0.25) is 0 Å². The van der Waals surface area contributed by atoms with Crippen molar-refractivity contribution in [3.05, 3.63) is 64.6 Å². The van der Waals surface area contributed by atoms with Crippen LogP contribution in [0.3, 0.4) is 0 Å². The largest absolute Gasteiger partial charge is 0.493 e. The van der Waals surface area contributed by atoms with E-state index in [1.54, 1.807) is 25.3 Å². The van der Waals surface area contributed by atoms with Crippen molar-refractivity contribution in [1.29, 1.82) is 0 Å². The van der Waals surface area contributed by atoms with Gasteiger partial charge in [-0.1, -0.05) is 36.4 Å². The molecule has 1 heterocycles. The van der Waals surface area contributed by atoms with E-state index in [-0.39, 0.29) is 17.7 Å². The van der Waals surface area contributed by atoms with Gasteiger partial charge in [-0.25, -0.2) is 0 Å². The predicted octanol–water partition coefficient (Wildman–Crippen LogP) is 4.33. The molecule has 2 amide bonds. The highest BCUT2D eigenvalue weighted by atomic mass is 32.2. The average molecular weight is 369 g/mol. The molecule has 1 fully saturated rings. The Morgan fingerprint density at radius 2 is 1.85 bits per heavy atom. The summed E-state index contributed by atoms with van der Waals surface area (Å²) in [4.78, 5) is 26.5. The van der Waals surface area contributed by atoms with E-state index in [2.05, 4.69) is 0 Å². The minimum Gasteiger partial charge on any atom is -0.493 e. The number of hydrogen-bond acceptors (Lipinski definition) is 5. The van der Waals surface area contributed by atoms with Crippen molar-refractivity contribution in [3.8, 4) is 11.5 Å². The van der Waals surface area contributed by atoms with Gasteiger partial charge in [0.15, 0.2) is 11.5 Å². The summed E-state index contributed by atoms with van der Waals surface area (Å²) in [6, 6.07) is 14.9. The first kappa shape index (κ1) is 18.1. The first-order chi connectivity index (χ1) is 12.6. The summed E-state index contributed by atoms with van der Waals surface area (Å²) in [6.07, 6.45) is 1.71. The molecule has 0 atom stereocenters. The SMILES string of the molecule is CCOc1cc(C=C2SC(=O)N(Cc3ccccc3)C2=O)ccc1OC. The summed E-state index contributed by atoms with van der Waals surface area (Å²) < 4.78 is 10.8. The van der Waals surface area contributed by atoms with Gasteiger partial charge in [-0.05, 0) is 48.0 Å². The number of benzene rings is 2. The maximum absolute atomic E-state index is 12.6. The number of carbonyl (C=O) groups is 2. The number of methoxy groups -OCH3 is 1. The summed E-state index contributed by atoms with van der Waals surface area (Å²) in [5, 5.41) is -0.261. The van der Waals surface area contributed by atoms with E-state index in [0.717, 1.165) is 22.9 Å². The zero-order chi connectivity index (χ0) is 18.5. The first-order valence-electron chi connectivity index (χ1n) is 8.22. The Morgan fingerprint density at radius 3 is 2.54 bits per heavy atom. The van der Waals surface area contributed by atoms with Crippen LogP contribution in [0.2, 0.25) is 0 Å². The Morgan fingerprint density at radius 1 is 1.08 bits per heavy atom. The molecule has 0 N–H and O–H groups in total. The molecule has 0 saturated carbocycles. The molecule has 0 aliphatic carbocycles. The lowest BCUT2D eigenvalue weighted by Crippen LogP contribution is -2.27. The number of imide groups is 1. The van der Waals surface area contributed by atoms with Crippen LogP contribution in [0, 0.1) is 0 Å². The average Bonchev–Trinajstić information content (AvgIpc) is 2.91. The Labute approximate surface area is 156 Å². The van der Waals surface area contributed by atoms with E-state index in [1.807, 2.05) is 43.3 Å². The molecule has 134 valence electrons. The molecule has 2 aromatic rings. The number of ether oxygens (including phenoxy) is 2. The van der Waals surface area contributed by atoms with Crippen molar-refractivity contribution in [2.24, 2.45) is 0 Å². The molecular formula is C20H19NO4S. The Hall–Kier alpha value is -2.73. The lowest BCUT2D eigenvalue weighted by molar-refractivity contribution is -0.123. The summed E-state index contributed by atoms with van der Waals surface area (Å²) in [6.45, 7) is 2.67. The molecule has 0 aromatic heterocycles. The topological polar surface area (TPSA) is 55.8 Å². The van der Waals surface area contributed by atoms with Gasteiger partial charge in [-0.15, -0.1) is 0 Å². The summed E-state index contributed by atoms with van der Waals surface area (Å²) >= 11 is 0.952. The van der Waals surface area contributed by atoms with Gasteiger partial charge in [0, 0.05) is 0 Å². The molecule has 1 aliphatic heterocycles. The van der Waals surface area contributed by atoms with E-state index in [0.29, 0.717) is 23.0 Å². The zero-order valence-corrected chi connectivity index (χ0v) is 15.4. The highest BCUT2D eigenvalue weighted by molar-refractivity contribution is 8.18. The maximum atomic E-state index is 12.6. The number of nitrogens with zero attached hydrogens (tertiary/aromatic N) is 1. The van der Waals surface area contributed by atoms with Crippen LogP contribution in [-0.4, -0.2) is 29.8 Å². The van der Waals surface area contributed by atoms with Gasteiger partial charge < -0.3 is 9.47 Å². The van der Waals surface area contributed by atoms with Gasteiger partial charge in [0.05, 0.1) is 25.2 Å². The lowest BCUT2D eigenvalue weighted by Gasteiger charge is -2.12. The monoisotopic (exact) mass is 369 g/mol. The number of carbonyl (C=O) groups excluding carboxylic acids is 2. The van der Waals surface area contributed by atoms with E-state index >= 15 is 0 Å². The fourth-order valence-corrected chi connectivity index (χ4v) is 3.44.